The van der Waals surface area contributed by atoms with E-state index >= 15 is 0 Å². The number of esters is 1. The summed E-state index contributed by atoms with van der Waals surface area (Å²) in [5.74, 6) is 6.70. The molecule has 10 heteroatoms. The first-order valence-electron chi connectivity index (χ1n) is 11.3. The van der Waals surface area contributed by atoms with Crippen molar-refractivity contribution in [2.75, 3.05) is 17.8 Å². The van der Waals surface area contributed by atoms with Crippen molar-refractivity contribution in [2.24, 2.45) is 5.92 Å². The summed E-state index contributed by atoms with van der Waals surface area (Å²) < 4.78 is 6.70. The van der Waals surface area contributed by atoms with Gasteiger partial charge < -0.3 is 15.9 Å². The molecule has 4 rings (SSSR count). The molecule has 1 amide bonds. The highest BCUT2D eigenvalue weighted by Crippen LogP contribution is 2.40. The van der Waals surface area contributed by atoms with Crippen LogP contribution in [0, 0.1) is 12.8 Å². The van der Waals surface area contributed by atoms with Gasteiger partial charge in [-0.25, -0.2) is 9.47 Å². The summed E-state index contributed by atoms with van der Waals surface area (Å²) in [5, 5.41) is 11.8. The van der Waals surface area contributed by atoms with Gasteiger partial charge in [0.2, 0.25) is 11.1 Å². The molecule has 0 saturated carbocycles. The summed E-state index contributed by atoms with van der Waals surface area (Å²) in [6.45, 7) is 8.06. The molecular weight excluding hydrogens is 470 g/mol. The molecule has 0 radical (unpaired) electrons. The maximum Gasteiger partial charge on any atom is 0.341 e. The van der Waals surface area contributed by atoms with Crippen molar-refractivity contribution in [2.45, 2.75) is 57.4 Å². The van der Waals surface area contributed by atoms with Crippen molar-refractivity contribution in [3.05, 3.63) is 45.8 Å². The molecule has 0 aliphatic heterocycles. The first-order valence-corrected chi connectivity index (χ1v) is 13.0. The van der Waals surface area contributed by atoms with E-state index in [2.05, 4.69) is 22.4 Å². The molecule has 2 atom stereocenters. The number of hydrogen-bond acceptors (Lipinski definition) is 8. The third-order valence-electron chi connectivity index (χ3n) is 5.85. The number of hydrogen-bond donors (Lipinski definition) is 2. The minimum absolute atomic E-state index is 0.234. The molecule has 1 aliphatic carbocycles. The second-order valence-corrected chi connectivity index (χ2v) is 11.0. The molecule has 8 nitrogen and oxygen atoms in total. The number of amides is 1. The second kappa shape index (κ2) is 10.2. The van der Waals surface area contributed by atoms with Gasteiger partial charge in [0, 0.05) is 10.4 Å². The van der Waals surface area contributed by atoms with Gasteiger partial charge in [-0.3, -0.25) is 4.79 Å². The number of nitrogens with zero attached hydrogens (tertiary/aromatic N) is 3. The third-order valence-corrected chi connectivity index (χ3v) is 8.08. The van der Waals surface area contributed by atoms with Crippen LogP contribution in [0.15, 0.2) is 29.4 Å². The summed E-state index contributed by atoms with van der Waals surface area (Å²) in [7, 11) is 0. The Morgan fingerprint density at radius 1 is 1.32 bits per heavy atom. The van der Waals surface area contributed by atoms with E-state index in [4.69, 9.17) is 10.6 Å². The molecule has 1 aromatic carbocycles. The number of carbonyl (C=O) groups excluding carboxylic acids is 2. The number of carbonyl (C=O) groups is 2. The standard InChI is InChI=1S/C24H29N5O3S2/c1-5-32-23(31)19-17-11-8-14(3)12-18(17)34-22(19)26-21(30)15(4)33-24-28-27-20(29(24)25)16-9-6-13(2)7-10-16/h6-7,9-10,14-15H,5,8,11-12,25H2,1-4H3,(H,26,30). The number of benzene rings is 1. The number of thioether (sulfide) groups is 1. The van der Waals surface area contributed by atoms with Crippen LogP contribution >= 0.6 is 23.1 Å². The molecule has 0 fully saturated rings. The molecule has 2 aromatic heterocycles. The van der Waals surface area contributed by atoms with Crippen molar-refractivity contribution in [1.82, 2.24) is 14.9 Å². The van der Waals surface area contributed by atoms with Crippen LogP contribution in [0.1, 0.15) is 53.6 Å². The predicted molar refractivity (Wildman–Crippen MR) is 136 cm³/mol. The number of ether oxygens (including phenoxy) is 1. The van der Waals surface area contributed by atoms with Crippen molar-refractivity contribution >= 4 is 40.0 Å². The first kappa shape index (κ1) is 24.3. The summed E-state index contributed by atoms with van der Waals surface area (Å²) in [4.78, 5) is 26.9. The lowest BCUT2D eigenvalue weighted by molar-refractivity contribution is -0.115. The SMILES string of the molecule is CCOC(=O)c1c(NC(=O)C(C)Sc2nnc(-c3ccc(C)cc3)n2N)sc2c1CCC(C)C2. The highest BCUT2D eigenvalue weighted by molar-refractivity contribution is 8.00. The molecule has 3 aromatic rings. The van der Waals surface area contributed by atoms with E-state index in [1.54, 1.807) is 13.8 Å². The molecule has 0 spiro atoms. The van der Waals surface area contributed by atoms with E-state index in [-0.39, 0.29) is 18.5 Å². The largest absolute Gasteiger partial charge is 0.462 e. The Labute approximate surface area is 207 Å². The molecule has 34 heavy (non-hydrogen) atoms. The summed E-state index contributed by atoms with van der Waals surface area (Å²) in [6, 6.07) is 7.83. The molecule has 0 bridgehead atoms. The van der Waals surface area contributed by atoms with E-state index in [1.165, 1.54) is 27.8 Å². The molecule has 3 N–H and O–H groups in total. The molecule has 1 aliphatic rings. The van der Waals surface area contributed by atoms with Gasteiger partial charge in [0.1, 0.15) is 5.00 Å². The van der Waals surface area contributed by atoms with E-state index in [1.807, 2.05) is 31.2 Å². The first-order chi connectivity index (χ1) is 16.3. The van der Waals surface area contributed by atoms with Gasteiger partial charge in [-0.1, -0.05) is 48.5 Å². The zero-order valence-electron chi connectivity index (χ0n) is 19.8. The van der Waals surface area contributed by atoms with Gasteiger partial charge >= 0.3 is 5.97 Å². The van der Waals surface area contributed by atoms with E-state index in [0.717, 1.165) is 40.8 Å². The number of aryl methyl sites for hydroxylation is 1. The Morgan fingerprint density at radius 2 is 2.06 bits per heavy atom. The summed E-state index contributed by atoms with van der Waals surface area (Å²) >= 11 is 2.69. The lowest BCUT2D eigenvalue weighted by Crippen LogP contribution is -2.24. The number of rotatable bonds is 7. The smallest absolute Gasteiger partial charge is 0.341 e. The number of fused-ring (bicyclic) bond motifs is 1. The second-order valence-electron chi connectivity index (χ2n) is 8.57. The van der Waals surface area contributed by atoms with Gasteiger partial charge in [-0.15, -0.1) is 21.5 Å². The maximum absolute atomic E-state index is 13.1. The Bertz CT molecular complexity index is 1200. The Kier molecular flexibility index (Phi) is 7.27. The van der Waals surface area contributed by atoms with Gasteiger partial charge in [0.05, 0.1) is 17.4 Å². The third kappa shape index (κ3) is 4.97. The van der Waals surface area contributed by atoms with Crippen LogP contribution in [0.4, 0.5) is 5.00 Å². The minimum Gasteiger partial charge on any atom is -0.462 e. The number of nitrogens with two attached hydrogens (primary N) is 1. The van der Waals surface area contributed by atoms with Gasteiger partial charge in [0.15, 0.2) is 5.82 Å². The minimum atomic E-state index is -0.509. The number of anilines is 1. The number of nitrogens with one attached hydrogen (secondary N) is 1. The van der Waals surface area contributed by atoms with Gasteiger partial charge in [-0.2, -0.15) is 0 Å². The fourth-order valence-corrected chi connectivity index (χ4v) is 6.11. The fraction of sp³-hybridized carbons (Fsp3) is 0.417. The molecular formula is C24H29N5O3S2. The van der Waals surface area contributed by atoms with Crippen LogP contribution in [-0.4, -0.2) is 38.6 Å². The maximum atomic E-state index is 13.1. The van der Waals surface area contributed by atoms with Crippen molar-refractivity contribution in [3.63, 3.8) is 0 Å². The fourth-order valence-electron chi connectivity index (χ4n) is 3.94. The van der Waals surface area contributed by atoms with Gasteiger partial charge in [-0.05, 0) is 51.5 Å². The van der Waals surface area contributed by atoms with Crippen LogP contribution in [-0.2, 0) is 22.4 Å². The molecule has 2 heterocycles. The predicted octanol–water partition coefficient (Wildman–Crippen LogP) is 4.45. The van der Waals surface area contributed by atoms with Crippen molar-refractivity contribution < 1.29 is 14.3 Å². The van der Waals surface area contributed by atoms with Crippen LogP contribution in [0.25, 0.3) is 11.4 Å². The number of aromatic nitrogens is 3. The zero-order chi connectivity index (χ0) is 24.4. The quantitative estimate of drug-likeness (QED) is 0.281. The Balaban J connectivity index is 1.51. The van der Waals surface area contributed by atoms with E-state index in [9.17, 15) is 9.59 Å². The number of nitrogen functional groups attached to an aromatic ring is 1. The number of thiophene rings is 1. The topological polar surface area (TPSA) is 112 Å². The lowest BCUT2D eigenvalue weighted by atomic mass is 9.88. The zero-order valence-corrected chi connectivity index (χ0v) is 21.4. The molecule has 2 unspecified atom stereocenters. The Hall–Kier alpha value is -2.85. The van der Waals surface area contributed by atoms with Gasteiger partial charge in [0.25, 0.3) is 0 Å². The van der Waals surface area contributed by atoms with E-state index in [0.29, 0.717) is 27.5 Å². The highest BCUT2D eigenvalue weighted by Gasteiger charge is 2.30. The summed E-state index contributed by atoms with van der Waals surface area (Å²) in [6.07, 6.45) is 2.75. The van der Waals surface area contributed by atoms with Crippen molar-refractivity contribution in [3.8, 4) is 11.4 Å². The highest BCUT2D eigenvalue weighted by atomic mass is 32.2. The molecule has 180 valence electrons. The monoisotopic (exact) mass is 499 g/mol. The average molecular weight is 500 g/mol. The average Bonchev–Trinajstić information content (AvgIpc) is 3.34. The normalized spacial score (nSPS) is 16.1. The lowest BCUT2D eigenvalue weighted by Gasteiger charge is -2.18. The summed E-state index contributed by atoms with van der Waals surface area (Å²) in [5.41, 5.74) is 3.50. The van der Waals surface area contributed by atoms with E-state index < -0.39 is 5.25 Å². The van der Waals surface area contributed by atoms with Crippen LogP contribution < -0.4 is 11.2 Å². The van der Waals surface area contributed by atoms with Crippen molar-refractivity contribution in [1.29, 1.82) is 0 Å². The van der Waals surface area contributed by atoms with Crippen LogP contribution in [0.2, 0.25) is 0 Å². The van der Waals surface area contributed by atoms with Crippen LogP contribution in [0.3, 0.4) is 0 Å². The van der Waals surface area contributed by atoms with Crippen LogP contribution in [0.5, 0.6) is 0 Å². The Morgan fingerprint density at radius 3 is 2.76 bits per heavy atom. The molecule has 0 saturated heterocycles.